The number of rotatable bonds is 4. The number of anilines is 1. The van der Waals surface area contributed by atoms with E-state index in [4.69, 9.17) is 0 Å². The van der Waals surface area contributed by atoms with Crippen LogP contribution in [0, 0.1) is 13.8 Å². The van der Waals surface area contributed by atoms with E-state index in [2.05, 4.69) is 47.9 Å². The summed E-state index contributed by atoms with van der Waals surface area (Å²) in [5.41, 5.74) is 1.45. The molecule has 0 bridgehead atoms. The summed E-state index contributed by atoms with van der Waals surface area (Å²) in [4.78, 5) is 13.9. The highest BCUT2D eigenvalue weighted by molar-refractivity contribution is 7.18. The molecular formula is C17H26N4S. The molecule has 0 spiro atoms. The quantitative estimate of drug-likeness (QED) is 0.925. The third-order valence-electron chi connectivity index (χ3n) is 4.87. The molecule has 2 aromatic rings. The number of nitrogens with one attached hydrogen (secondary N) is 1. The van der Waals surface area contributed by atoms with Crippen molar-refractivity contribution in [2.24, 2.45) is 0 Å². The minimum absolute atomic E-state index is 0.149. The van der Waals surface area contributed by atoms with E-state index in [1.54, 1.807) is 17.7 Å². The standard InChI is InChI=1S/C17H26N4S/c1-12-13(2)22-16-14(12)15(19-11-20-16)18-10-17(3,4)21-8-6-5-7-9-21/h11H,5-10H2,1-4H3,(H,18,19,20). The molecule has 0 radical (unpaired) electrons. The van der Waals surface area contributed by atoms with Crippen LogP contribution < -0.4 is 5.32 Å². The molecule has 1 N–H and O–H groups in total. The molecule has 1 aliphatic heterocycles. The van der Waals surface area contributed by atoms with Gasteiger partial charge in [-0.25, -0.2) is 9.97 Å². The van der Waals surface area contributed by atoms with Gasteiger partial charge in [0.05, 0.1) is 5.39 Å². The van der Waals surface area contributed by atoms with Crippen molar-refractivity contribution in [2.75, 3.05) is 25.0 Å². The first-order chi connectivity index (χ1) is 10.5. The van der Waals surface area contributed by atoms with Gasteiger partial charge in [-0.2, -0.15) is 0 Å². The molecule has 22 heavy (non-hydrogen) atoms. The predicted molar refractivity (Wildman–Crippen MR) is 94.9 cm³/mol. The van der Waals surface area contributed by atoms with Gasteiger partial charge in [-0.1, -0.05) is 6.42 Å². The monoisotopic (exact) mass is 318 g/mol. The summed E-state index contributed by atoms with van der Waals surface area (Å²) in [7, 11) is 0. The molecule has 120 valence electrons. The smallest absolute Gasteiger partial charge is 0.138 e. The molecule has 0 aliphatic carbocycles. The van der Waals surface area contributed by atoms with Gasteiger partial charge >= 0.3 is 0 Å². The Kier molecular flexibility index (Phi) is 4.37. The van der Waals surface area contributed by atoms with E-state index in [0.29, 0.717) is 0 Å². The van der Waals surface area contributed by atoms with Crippen LogP contribution in [0.5, 0.6) is 0 Å². The third kappa shape index (κ3) is 2.97. The average Bonchev–Trinajstić information content (AvgIpc) is 2.82. The van der Waals surface area contributed by atoms with Crippen LogP contribution in [0.1, 0.15) is 43.6 Å². The highest BCUT2D eigenvalue weighted by atomic mass is 32.1. The van der Waals surface area contributed by atoms with E-state index >= 15 is 0 Å². The Morgan fingerprint density at radius 2 is 1.91 bits per heavy atom. The Labute approximate surface area is 137 Å². The van der Waals surface area contributed by atoms with Gasteiger partial charge in [-0.3, -0.25) is 4.90 Å². The van der Waals surface area contributed by atoms with Crippen molar-refractivity contribution in [1.29, 1.82) is 0 Å². The van der Waals surface area contributed by atoms with Crippen molar-refractivity contribution in [3.63, 3.8) is 0 Å². The average molecular weight is 318 g/mol. The lowest BCUT2D eigenvalue weighted by molar-refractivity contribution is 0.105. The molecule has 0 atom stereocenters. The second-order valence-electron chi connectivity index (χ2n) is 6.90. The fourth-order valence-electron chi connectivity index (χ4n) is 3.23. The number of aromatic nitrogens is 2. The number of thiophene rings is 1. The first kappa shape index (κ1) is 15.7. The molecule has 0 aromatic carbocycles. The van der Waals surface area contributed by atoms with Gasteiger partial charge in [0.2, 0.25) is 0 Å². The fourth-order valence-corrected chi connectivity index (χ4v) is 4.22. The second kappa shape index (κ2) is 6.13. The van der Waals surface area contributed by atoms with Crippen molar-refractivity contribution >= 4 is 27.4 Å². The molecule has 1 aliphatic rings. The van der Waals surface area contributed by atoms with Gasteiger partial charge in [0.25, 0.3) is 0 Å². The number of nitrogens with zero attached hydrogens (tertiary/aromatic N) is 3. The van der Waals surface area contributed by atoms with Crippen LogP contribution in [-0.4, -0.2) is 40.0 Å². The second-order valence-corrected chi connectivity index (χ2v) is 8.10. The van der Waals surface area contributed by atoms with Gasteiger partial charge in [0.1, 0.15) is 17.0 Å². The van der Waals surface area contributed by atoms with E-state index in [1.165, 1.54) is 48.2 Å². The molecule has 4 nitrogen and oxygen atoms in total. The van der Waals surface area contributed by atoms with Gasteiger partial charge < -0.3 is 5.32 Å². The molecule has 0 saturated carbocycles. The number of aryl methyl sites for hydroxylation is 2. The van der Waals surface area contributed by atoms with Crippen LogP contribution in [0.2, 0.25) is 0 Å². The Bertz CT molecular complexity index is 656. The van der Waals surface area contributed by atoms with E-state index < -0.39 is 0 Å². The lowest BCUT2D eigenvalue weighted by Crippen LogP contribution is -2.50. The van der Waals surface area contributed by atoms with Gasteiger partial charge in [0, 0.05) is 17.0 Å². The van der Waals surface area contributed by atoms with Gasteiger partial charge in [-0.05, 0) is 59.2 Å². The summed E-state index contributed by atoms with van der Waals surface area (Å²) in [5, 5.41) is 4.79. The minimum Gasteiger partial charge on any atom is -0.368 e. The zero-order valence-corrected chi connectivity index (χ0v) is 14.9. The Morgan fingerprint density at radius 3 is 2.64 bits per heavy atom. The fraction of sp³-hybridized carbons (Fsp3) is 0.647. The van der Waals surface area contributed by atoms with E-state index in [1.807, 2.05) is 0 Å². The largest absolute Gasteiger partial charge is 0.368 e. The number of fused-ring (bicyclic) bond motifs is 1. The molecule has 0 amide bonds. The summed E-state index contributed by atoms with van der Waals surface area (Å²) in [5.74, 6) is 0.983. The third-order valence-corrected chi connectivity index (χ3v) is 5.98. The zero-order valence-electron chi connectivity index (χ0n) is 14.1. The SMILES string of the molecule is Cc1sc2ncnc(NCC(C)(C)N3CCCCC3)c2c1C. The van der Waals surface area contributed by atoms with Crippen molar-refractivity contribution in [3.05, 3.63) is 16.8 Å². The summed E-state index contributed by atoms with van der Waals surface area (Å²) in [6, 6.07) is 0. The van der Waals surface area contributed by atoms with Crippen LogP contribution in [-0.2, 0) is 0 Å². The lowest BCUT2D eigenvalue weighted by atomic mass is 9.98. The maximum absolute atomic E-state index is 4.50. The van der Waals surface area contributed by atoms with E-state index in [-0.39, 0.29) is 5.54 Å². The normalized spacial score (nSPS) is 17.1. The van der Waals surface area contributed by atoms with Crippen LogP contribution in [0.25, 0.3) is 10.2 Å². The van der Waals surface area contributed by atoms with Gasteiger partial charge in [0.15, 0.2) is 0 Å². The Morgan fingerprint density at radius 1 is 1.18 bits per heavy atom. The van der Waals surface area contributed by atoms with Crippen molar-refractivity contribution < 1.29 is 0 Å². The maximum Gasteiger partial charge on any atom is 0.138 e. The van der Waals surface area contributed by atoms with E-state index in [9.17, 15) is 0 Å². The van der Waals surface area contributed by atoms with Crippen molar-refractivity contribution in [1.82, 2.24) is 14.9 Å². The molecule has 2 aromatic heterocycles. The molecule has 3 heterocycles. The van der Waals surface area contributed by atoms with Crippen LogP contribution in [0.15, 0.2) is 6.33 Å². The van der Waals surface area contributed by atoms with Crippen molar-refractivity contribution in [2.45, 2.75) is 52.5 Å². The summed E-state index contributed by atoms with van der Waals surface area (Å²) >= 11 is 1.75. The van der Waals surface area contributed by atoms with Crippen molar-refractivity contribution in [3.8, 4) is 0 Å². The predicted octanol–water partition coefficient (Wildman–Crippen LogP) is 3.98. The van der Waals surface area contributed by atoms with Crippen LogP contribution in [0.3, 0.4) is 0 Å². The van der Waals surface area contributed by atoms with Crippen LogP contribution >= 0.6 is 11.3 Å². The minimum atomic E-state index is 0.149. The molecule has 1 saturated heterocycles. The number of likely N-dealkylation sites (tertiary alicyclic amines) is 1. The lowest BCUT2D eigenvalue weighted by Gasteiger charge is -2.41. The number of hydrogen-bond donors (Lipinski definition) is 1. The summed E-state index contributed by atoms with van der Waals surface area (Å²) in [6.07, 6.45) is 5.70. The highest BCUT2D eigenvalue weighted by Crippen LogP contribution is 2.33. The van der Waals surface area contributed by atoms with Gasteiger partial charge in [-0.15, -0.1) is 11.3 Å². The number of hydrogen-bond acceptors (Lipinski definition) is 5. The first-order valence-corrected chi connectivity index (χ1v) is 9.00. The van der Waals surface area contributed by atoms with Crippen LogP contribution in [0.4, 0.5) is 5.82 Å². The Hall–Kier alpha value is -1.20. The maximum atomic E-state index is 4.50. The summed E-state index contributed by atoms with van der Waals surface area (Å²) < 4.78 is 0. The highest BCUT2D eigenvalue weighted by Gasteiger charge is 2.28. The molecule has 0 unspecified atom stereocenters. The molecule has 5 heteroatoms. The zero-order chi connectivity index (χ0) is 15.7. The first-order valence-electron chi connectivity index (χ1n) is 8.19. The molecule has 3 rings (SSSR count). The topological polar surface area (TPSA) is 41.1 Å². The molecule has 1 fully saturated rings. The number of piperidine rings is 1. The summed E-state index contributed by atoms with van der Waals surface area (Å²) in [6.45, 7) is 12.3. The van der Waals surface area contributed by atoms with E-state index in [0.717, 1.165) is 17.2 Å². The Balaban J connectivity index is 1.78. The molecular weight excluding hydrogens is 292 g/mol.